The summed E-state index contributed by atoms with van der Waals surface area (Å²) >= 11 is 1.30. The van der Waals surface area contributed by atoms with Gasteiger partial charge in [0.2, 0.25) is 0 Å². The first-order chi connectivity index (χ1) is 2.89. The highest BCUT2D eigenvalue weighted by Crippen LogP contribution is 2.05. The van der Waals surface area contributed by atoms with E-state index in [1.165, 1.54) is 18.2 Å². The lowest BCUT2D eigenvalue weighted by Gasteiger charge is -1.67. The van der Waals surface area contributed by atoms with E-state index in [1.807, 2.05) is 0 Å². The summed E-state index contributed by atoms with van der Waals surface area (Å²) in [5.41, 5.74) is 0. The standard InChI is InChI=1S/C3H3NOS.H2S/c5-3-1-4-6-2-3;/h1H,2H2;1H2. The van der Waals surface area contributed by atoms with E-state index in [0.717, 1.165) is 0 Å². The highest BCUT2D eigenvalue weighted by molar-refractivity contribution is 7.99. The van der Waals surface area contributed by atoms with Crippen LogP contribution in [0.1, 0.15) is 0 Å². The maximum atomic E-state index is 10.1. The van der Waals surface area contributed by atoms with E-state index in [1.54, 1.807) is 0 Å². The van der Waals surface area contributed by atoms with Crippen molar-refractivity contribution in [3.63, 3.8) is 0 Å². The Hall–Kier alpha value is 0.0400. The van der Waals surface area contributed by atoms with Crippen molar-refractivity contribution < 1.29 is 4.79 Å². The van der Waals surface area contributed by atoms with E-state index in [2.05, 4.69) is 4.40 Å². The van der Waals surface area contributed by atoms with E-state index in [4.69, 9.17) is 0 Å². The Labute approximate surface area is 53.0 Å². The molecule has 1 rings (SSSR count). The van der Waals surface area contributed by atoms with Crippen molar-refractivity contribution in [1.82, 2.24) is 0 Å². The van der Waals surface area contributed by atoms with Crippen LogP contribution in [-0.2, 0) is 4.79 Å². The van der Waals surface area contributed by atoms with Gasteiger partial charge in [-0.25, -0.2) is 4.40 Å². The Kier molecular flexibility index (Phi) is 3.11. The molecule has 0 aromatic rings. The van der Waals surface area contributed by atoms with Gasteiger partial charge in [-0.15, -0.1) is 0 Å². The van der Waals surface area contributed by atoms with Crippen LogP contribution in [0.25, 0.3) is 0 Å². The first-order valence-corrected chi connectivity index (χ1v) is 2.52. The molecule has 0 spiro atoms. The third-order valence-electron chi connectivity index (χ3n) is 0.478. The molecule has 0 N–H and O–H groups in total. The van der Waals surface area contributed by atoms with Crippen LogP contribution in [0.2, 0.25) is 0 Å². The maximum absolute atomic E-state index is 10.1. The first-order valence-electron chi connectivity index (χ1n) is 1.58. The third-order valence-corrected chi connectivity index (χ3v) is 1.15. The van der Waals surface area contributed by atoms with E-state index >= 15 is 0 Å². The van der Waals surface area contributed by atoms with Crippen LogP contribution in [0, 0.1) is 0 Å². The molecule has 40 valence electrons. The molecular weight excluding hydrogens is 130 g/mol. The summed E-state index contributed by atoms with van der Waals surface area (Å²) < 4.78 is 3.61. The molecule has 2 nitrogen and oxygen atoms in total. The fourth-order valence-corrected chi connectivity index (χ4v) is 0.703. The molecule has 0 unspecified atom stereocenters. The third kappa shape index (κ3) is 1.99. The molecule has 0 bridgehead atoms. The zero-order chi connectivity index (χ0) is 4.41. The number of carbonyl (C=O) groups excluding carboxylic acids is 1. The molecule has 0 aromatic carbocycles. The summed E-state index contributed by atoms with van der Waals surface area (Å²) in [5.74, 6) is 0.667. The lowest BCUT2D eigenvalue weighted by atomic mass is 10.5. The second kappa shape index (κ2) is 3.10. The average Bonchev–Trinajstić information content (AvgIpc) is 1.86. The summed E-state index contributed by atoms with van der Waals surface area (Å²) in [6.45, 7) is 0. The highest BCUT2D eigenvalue weighted by atomic mass is 32.2. The molecule has 7 heavy (non-hydrogen) atoms. The lowest BCUT2D eigenvalue weighted by Crippen LogP contribution is -1.93. The molecule has 0 amide bonds. The van der Waals surface area contributed by atoms with Crippen LogP contribution in [0.5, 0.6) is 0 Å². The Morgan fingerprint density at radius 1 is 1.86 bits per heavy atom. The number of hydrogen-bond acceptors (Lipinski definition) is 3. The Morgan fingerprint density at radius 3 is 2.71 bits per heavy atom. The van der Waals surface area contributed by atoms with Crippen LogP contribution in [-0.4, -0.2) is 17.8 Å². The van der Waals surface area contributed by atoms with Gasteiger partial charge in [0.05, 0.1) is 12.0 Å². The highest BCUT2D eigenvalue weighted by Gasteiger charge is 2.01. The SMILES string of the molecule is O=C1C=NSC1.S. The zero-order valence-electron chi connectivity index (χ0n) is 3.55. The van der Waals surface area contributed by atoms with Crippen molar-refractivity contribution in [3.8, 4) is 0 Å². The predicted molar refractivity (Wildman–Crippen MR) is 36.3 cm³/mol. The van der Waals surface area contributed by atoms with Crippen LogP contribution in [0.3, 0.4) is 0 Å². The molecule has 0 aliphatic carbocycles. The van der Waals surface area contributed by atoms with Crippen molar-refractivity contribution in [2.75, 3.05) is 5.75 Å². The molecule has 0 saturated carbocycles. The molecular formula is C3H5NOS2. The largest absolute Gasteiger partial charge is 0.292 e. The first kappa shape index (κ1) is 7.04. The summed E-state index contributed by atoms with van der Waals surface area (Å²) in [5, 5.41) is 0. The molecule has 0 radical (unpaired) electrons. The molecule has 4 heteroatoms. The summed E-state index contributed by atoms with van der Waals surface area (Å²) in [4.78, 5) is 10.1. The van der Waals surface area contributed by atoms with Gasteiger partial charge in [0.25, 0.3) is 0 Å². The zero-order valence-corrected chi connectivity index (χ0v) is 5.36. The number of hydrogen-bond donors (Lipinski definition) is 0. The quantitative estimate of drug-likeness (QED) is 0.450. The van der Waals surface area contributed by atoms with E-state index in [0.29, 0.717) is 5.75 Å². The minimum atomic E-state index is 0. The van der Waals surface area contributed by atoms with Gasteiger partial charge in [-0.1, -0.05) is 0 Å². The van der Waals surface area contributed by atoms with Gasteiger partial charge in [-0.3, -0.25) is 4.79 Å². The minimum Gasteiger partial charge on any atom is -0.292 e. The second-order valence-electron chi connectivity index (χ2n) is 0.974. The molecule has 1 aliphatic rings. The number of ketones is 1. The van der Waals surface area contributed by atoms with Crippen LogP contribution >= 0.6 is 25.4 Å². The fraction of sp³-hybridized carbons (Fsp3) is 0.333. The molecule has 0 atom stereocenters. The monoisotopic (exact) mass is 135 g/mol. The van der Waals surface area contributed by atoms with Crippen molar-refractivity contribution in [1.29, 1.82) is 0 Å². The normalized spacial score (nSPS) is 16.9. The Bertz CT molecular complexity index is 101. The van der Waals surface area contributed by atoms with Gasteiger partial charge < -0.3 is 0 Å². The van der Waals surface area contributed by atoms with Crippen LogP contribution in [0.4, 0.5) is 0 Å². The van der Waals surface area contributed by atoms with Gasteiger partial charge in [-0.2, -0.15) is 13.5 Å². The maximum Gasteiger partial charge on any atom is 0.186 e. The van der Waals surface area contributed by atoms with Crippen molar-refractivity contribution in [2.45, 2.75) is 0 Å². The van der Waals surface area contributed by atoms with Gasteiger partial charge >= 0.3 is 0 Å². The molecule has 1 aliphatic heterocycles. The van der Waals surface area contributed by atoms with Gasteiger partial charge in [0.15, 0.2) is 5.78 Å². The molecule has 0 aromatic heterocycles. The van der Waals surface area contributed by atoms with Crippen molar-refractivity contribution in [3.05, 3.63) is 0 Å². The Morgan fingerprint density at radius 2 is 2.57 bits per heavy atom. The summed E-state index contributed by atoms with van der Waals surface area (Å²) in [7, 11) is 0. The average molecular weight is 135 g/mol. The predicted octanol–water partition coefficient (Wildman–Crippen LogP) is 0.401. The number of rotatable bonds is 0. The molecule has 0 fully saturated rings. The van der Waals surface area contributed by atoms with E-state index in [-0.39, 0.29) is 19.3 Å². The number of carbonyl (C=O) groups is 1. The smallest absolute Gasteiger partial charge is 0.186 e. The van der Waals surface area contributed by atoms with Crippen molar-refractivity contribution in [2.24, 2.45) is 4.40 Å². The fourth-order valence-electron chi connectivity index (χ4n) is 0.234. The summed E-state index contributed by atoms with van der Waals surface area (Å²) in [6, 6.07) is 0. The second-order valence-corrected chi connectivity index (χ2v) is 1.73. The topological polar surface area (TPSA) is 29.4 Å². The van der Waals surface area contributed by atoms with Gasteiger partial charge in [0.1, 0.15) is 0 Å². The van der Waals surface area contributed by atoms with E-state index < -0.39 is 0 Å². The van der Waals surface area contributed by atoms with E-state index in [9.17, 15) is 4.79 Å². The molecule has 0 saturated heterocycles. The van der Waals surface area contributed by atoms with Gasteiger partial charge in [-0.05, 0) is 11.9 Å². The minimum absolute atomic E-state index is 0. The van der Waals surface area contributed by atoms with Gasteiger partial charge in [0, 0.05) is 0 Å². The number of Topliss-reactive ketones (excluding diaryl/α,β-unsaturated/α-hetero) is 1. The Balaban J connectivity index is 0.000000360. The lowest BCUT2D eigenvalue weighted by molar-refractivity contribution is -0.110. The summed E-state index contributed by atoms with van der Waals surface area (Å²) in [6.07, 6.45) is 1.35. The van der Waals surface area contributed by atoms with Crippen LogP contribution < -0.4 is 0 Å². The van der Waals surface area contributed by atoms with Crippen LogP contribution in [0.15, 0.2) is 4.40 Å². The number of nitrogens with zero attached hydrogens (tertiary/aromatic N) is 1. The molecule has 1 heterocycles. The van der Waals surface area contributed by atoms with Crippen molar-refractivity contribution >= 4 is 37.4 Å².